The maximum atomic E-state index is 2.35. The summed E-state index contributed by atoms with van der Waals surface area (Å²) < 4.78 is 3.37. The van der Waals surface area contributed by atoms with Gasteiger partial charge in [-0.05, 0) is 6.07 Å². The van der Waals surface area contributed by atoms with Crippen molar-refractivity contribution in [2.75, 3.05) is 20.6 Å². The number of quaternary nitrogens is 1. The highest BCUT2D eigenvalue weighted by atomic mass is 15.4. The van der Waals surface area contributed by atoms with Gasteiger partial charge >= 0.3 is 5.82 Å². The maximum Gasteiger partial charge on any atom is 0.368 e. The van der Waals surface area contributed by atoms with Gasteiger partial charge in [0.1, 0.15) is 0 Å². The van der Waals surface area contributed by atoms with E-state index in [-0.39, 0.29) is 0 Å². The molecule has 0 bridgehead atoms. The van der Waals surface area contributed by atoms with Gasteiger partial charge in [-0.25, -0.2) is 4.48 Å². The van der Waals surface area contributed by atoms with Crippen LogP contribution in [0.1, 0.15) is 6.42 Å². The van der Waals surface area contributed by atoms with E-state index in [1.54, 1.807) is 0 Å². The van der Waals surface area contributed by atoms with Crippen LogP contribution in [-0.2, 0) is 6.54 Å². The van der Waals surface area contributed by atoms with E-state index >= 15 is 0 Å². The van der Waals surface area contributed by atoms with Gasteiger partial charge in [-0.3, -0.25) is 0 Å². The first kappa shape index (κ1) is 7.74. The van der Waals surface area contributed by atoms with Gasteiger partial charge in [0.2, 0.25) is 0 Å². The summed E-state index contributed by atoms with van der Waals surface area (Å²) in [6.07, 6.45) is 3.46. The molecule has 2 nitrogen and oxygen atoms in total. The van der Waals surface area contributed by atoms with Crippen molar-refractivity contribution >= 4 is 5.82 Å². The molecular formula is C10H16N2+2. The third-order valence-corrected chi connectivity index (χ3v) is 2.65. The zero-order chi connectivity index (χ0) is 8.60. The number of hydrogen-bond donors (Lipinski definition) is 0. The van der Waals surface area contributed by atoms with Crippen molar-refractivity contribution in [3.8, 4) is 0 Å². The second kappa shape index (κ2) is 2.56. The highest BCUT2D eigenvalue weighted by Crippen LogP contribution is 2.17. The molecular weight excluding hydrogens is 148 g/mol. The summed E-state index contributed by atoms with van der Waals surface area (Å²) in [6, 6.07) is 6.45. The minimum atomic E-state index is 1.01. The summed E-state index contributed by atoms with van der Waals surface area (Å²) in [4.78, 5) is 0. The predicted molar refractivity (Wildman–Crippen MR) is 49.8 cm³/mol. The van der Waals surface area contributed by atoms with E-state index in [4.69, 9.17) is 0 Å². The van der Waals surface area contributed by atoms with Crippen molar-refractivity contribution in [2.24, 2.45) is 0 Å². The third-order valence-electron chi connectivity index (χ3n) is 2.65. The van der Waals surface area contributed by atoms with Crippen molar-refractivity contribution < 1.29 is 4.57 Å². The molecule has 64 valence electrons. The fourth-order valence-corrected chi connectivity index (χ4v) is 1.96. The Morgan fingerprint density at radius 2 is 2.17 bits per heavy atom. The predicted octanol–water partition coefficient (Wildman–Crippen LogP) is 0.945. The lowest BCUT2D eigenvalue weighted by atomic mass is 10.2. The summed E-state index contributed by atoms with van der Waals surface area (Å²) in [5.41, 5.74) is 0. The Kier molecular flexibility index (Phi) is 1.65. The standard InChI is InChI=1S/C10H16N2/c1-12(2)9-5-8-11-7-4-3-6-10(11)12/h3-4,6-7H,5,8-9H2,1-2H3/q+2. The maximum absolute atomic E-state index is 2.35. The minimum Gasteiger partial charge on any atom is -0.240 e. The van der Waals surface area contributed by atoms with Crippen molar-refractivity contribution in [1.29, 1.82) is 0 Å². The van der Waals surface area contributed by atoms with Crippen molar-refractivity contribution in [1.82, 2.24) is 4.48 Å². The van der Waals surface area contributed by atoms with Gasteiger partial charge in [0.05, 0.1) is 33.1 Å². The molecule has 1 aromatic rings. The van der Waals surface area contributed by atoms with Crippen LogP contribution in [-0.4, -0.2) is 20.6 Å². The minimum absolute atomic E-state index is 1.01. The van der Waals surface area contributed by atoms with Crippen LogP contribution in [0.2, 0.25) is 0 Å². The van der Waals surface area contributed by atoms with Gasteiger partial charge in [-0.15, -0.1) is 0 Å². The van der Waals surface area contributed by atoms with E-state index in [0.29, 0.717) is 0 Å². The molecule has 0 saturated carbocycles. The average Bonchev–Trinajstić information content (AvgIpc) is 2.04. The van der Waals surface area contributed by atoms with Crippen LogP contribution < -0.4 is 9.05 Å². The summed E-state index contributed by atoms with van der Waals surface area (Å²) in [5, 5.41) is 0. The average molecular weight is 164 g/mol. The highest BCUT2D eigenvalue weighted by molar-refractivity contribution is 5.26. The Hall–Kier alpha value is -0.890. The molecule has 0 N–H and O–H groups in total. The summed E-state index contributed by atoms with van der Waals surface area (Å²) in [6.45, 7) is 2.43. The van der Waals surface area contributed by atoms with Crippen LogP contribution in [0.3, 0.4) is 0 Å². The van der Waals surface area contributed by atoms with Gasteiger partial charge in [0, 0.05) is 6.07 Å². The molecule has 0 spiro atoms. The van der Waals surface area contributed by atoms with Crippen LogP contribution in [0.5, 0.6) is 0 Å². The van der Waals surface area contributed by atoms with E-state index in [2.05, 4.69) is 43.1 Å². The van der Waals surface area contributed by atoms with E-state index in [0.717, 1.165) is 4.48 Å². The number of fused-ring (bicyclic) bond motifs is 1. The first-order valence-electron chi connectivity index (χ1n) is 4.52. The quantitative estimate of drug-likeness (QED) is 0.397. The summed E-state index contributed by atoms with van der Waals surface area (Å²) in [7, 11) is 4.54. The normalized spacial score (nSPS) is 20.2. The zero-order valence-corrected chi connectivity index (χ0v) is 7.83. The lowest BCUT2D eigenvalue weighted by Gasteiger charge is -2.28. The first-order chi connectivity index (χ1) is 5.70. The number of aromatic nitrogens is 1. The second-order valence-corrected chi connectivity index (χ2v) is 4.01. The van der Waals surface area contributed by atoms with Crippen molar-refractivity contribution in [3.05, 3.63) is 24.4 Å². The molecule has 0 atom stereocenters. The molecule has 0 unspecified atom stereocenters. The largest absolute Gasteiger partial charge is 0.368 e. The molecule has 1 aromatic heterocycles. The molecule has 0 aromatic carbocycles. The Morgan fingerprint density at radius 3 is 2.92 bits per heavy atom. The first-order valence-corrected chi connectivity index (χ1v) is 4.52. The molecule has 0 aliphatic carbocycles. The SMILES string of the molecule is C[N+]1(C)CCC[n+]2ccccc21. The zero-order valence-electron chi connectivity index (χ0n) is 7.83. The molecule has 1 aliphatic heterocycles. The fourth-order valence-electron chi connectivity index (χ4n) is 1.96. The van der Waals surface area contributed by atoms with Gasteiger partial charge in [0.25, 0.3) is 0 Å². The number of aryl methyl sites for hydroxylation is 1. The number of rotatable bonds is 0. The molecule has 2 heteroatoms. The Morgan fingerprint density at radius 1 is 1.33 bits per heavy atom. The van der Waals surface area contributed by atoms with Gasteiger partial charge in [-0.2, -0.15) is 4.57 Å². The van der Waals surface area contributed by atoms with E-state index < -0.39 is 0 Å². The van der Waals surface area contributed by atoms with E-state index in [1.165, 1.54) is 25.3 Å². The smallest absolute Gasteiger partial charge is 0.240 e. The highest BCUT2D eigenvalue weighted by Gasteiger charge is 2.32. The monoisotopic (exact) mass is 164 g/mol. The van der Waals surface area contributed by atoms with Gasteiger partial charge < -0.3 is 0 Å². The molecule has 1 aliphatic rings. The number of nitrogens with zero attached hydrogens (tertiary/aromatic N) is 2. The van der Waals surface area contributed by atoms with Gasteiger partial charge in [-0.1, -0.05) is 0 Å². The molecule has 0 fully saturated rings. The van der Waals surface area contributed by atoms with E-state index in [1.807, 2.05) is 0 Å². The molecule has 2 rings (SSSR count). The van der Waals surface area contributed by atoms with Crippen LogP contribution >= 0.6 is 0 Å². The molecule has 2 heterocycles. The molecule has 0 radical (unpaired) electrons. The van der Waals surface area contributed by atoms with E-state index in [9.17, 15) is 0 Å². The van der Waals surface area contributed by atoms with Crippen molar-refractivity contribution in [2.45, 2.75) is 13.0 Å². The number of hydrogen-bond acceptors (Lipinski definition) is 0. The van der Waals surface area contributed by atoms with Crippen molar-refractivity contribution in [3.63, 3.8) is 0 Å². The summed E-state index contributed by atoms with van der Waals surface area (Å²) >= 11 is 0. The lowest BCUT2D eigenvalue weighted by Crippen LogP contribution is -2.56. The molecule has 12 heavy (non-hydrogen) atoms. The Bertz CT molecular complexity index is 292. The molecule has 0 saturated heterocycles. The summed E-state index contributed by atoms with van der Waals surface area (Å²) in [5.74, 6) is 1.42. The second-order valence-electron chi connectivity index (χ2n) is 4.01. The lowest BCUT2D eigenvalue weighted by molar-refractivity contribution is -0.696. The van der Waals surface area contributed by atoms with Gasteiger partial charge in [0.15, 0.2) is 12.7 Å². The third kappa shape index (κ3) is 1.12. The van der Waals surface area contributed by atoms with Crippen LogP contribution in [0.4, 0.5) is 5.82 Å². The fraction of sp³-hybridized carbons (Fsp3) is 0.500. The van der Waals surface area contributed by atoms with Crippen LogP contribution in [0.25, 0.3) is 0 Å². The van der Waals surface area contributed by atoms with Crippen LogP contribution in [0, 0.1) is 0 Å². The number of pyridine rings is 1. The molecule has 0 amide bonds. The topological polar surface area (TPSA) is 3.88 Å². The Labute approximate surface area is 73.6 Å². The Balaban J connectivity index is 2.52. The van der Waals surface area contributed by atoms with Crippen LogP contribution in [0.15, 0.2) is 24.4 Å².